The zero-order chi connectivity index (χ0) is 18.5. The van der Waals surface area contributed by atoms with Gasteiger partial charge in [0.05, 0.1) is 5.69 Å². The zero-order valence-electron chi connectivity index (χ0n) is 15.9. The lowest BCUT2D eigenvalue weighted by Crippen LogP contribution is -2.31. The molecule has 0 unspecified atom stereocenters. The Balaban J connectivity index is 1.61. The number of nitrogens with one attached hydrogen (secondary N) is 1. The summed E-state index contributed by atoms with van der Waals surface area (Å²) >= 11 is 0. The number of benzene rings is 2. The molecule has 27 heavy (non-hydrogen) atoms. The first-order valence-electron chi connectivity index (χ1n) is 9.77. The normalized spacial score (nSPS) is 14.2. The van der Waals surface area contributed by atoms with Crippen molar-refractivity contribution in [3.05, 3.63) is 71.8 Å². The maximum absolute atomic E-state index is 4.87. The Morgan fingerprint density at radius 1 is 0.889 bits per heavy atom. The van der Waals surface area contributed by atoms with E-state index in [1.165, 1.54) is 30.4 Å². The van der Waals surface area contributed by atoms with Gasteiger partial charge < -0.3 is 10.2 Å². The van der Waals surface area contributed by atoms with E-state index in [4.69, 9.17) is 9.97 Å². The second kappa shape index (κ2) is 8.21. The van der Waals surface area contributed by atoms with Crippen LogP contribution in [0, 0.1) is 6.92 Å². The monoisotopic (exact) mass is 358 g/mol. The van der Waals surface area contributed by atoms with Gasteiger partial charge in [-0.15, -0.1) is 0 Å². The molecule has 0 bridgehead atoms. The van der Waals surface area contributed by atoms with Crippen LogP contribution in [-0.4, -0.2) is 23.1 Å². The Hall–Kier alpha value is -2.88. The fourth-order valence-electron chi connectivity index (χ4n) is 3.42. The molecule has 138 valence electrons. The average Bonchev–Trinajstić information content (AvgIpc) is 2.74. The molecular weight excluding hydrogens is 332 g/mol. The molecule has 3 aromatic rings. The minimum Gasteiger partial charge on any atom is -0.366 e. The van der Waals surface area contributed by atoms with Gasteiger partial charge >= 0.3 is 0 Å². The number of anilines is 2. The topological polar surface area (TPSA) is 41.1 Å². The lowest BCUT2D eigenvalue weighted by atomic mass is 10.1. The van der Waals surface area contributed by atoms with Crippen LogP contribution in [0.25, 0.3) is 11.3 Å². The number of hydrogen-bond donors (Lipinski definition) is 1. The van der Waals surface area contributed by atoms with Crippen molar-refractivity contribution in [1.82, 2.24) is 9.97 Å². The van der Waals surface area contributed by atoms with Gasteiger partial charge in [0, 0.05) is 31.3 Å². The molecule has 0 spiro atoms. The molecule has 1 fully saturated rings. The summed E-state index contributed by atoms with van der Waals surface area (Å²) in [5.41, 5.74) is 4.62. The Morgan fingerprint density at radius 3 is 2.37 bits per heavy atom. The molecule has 4 nitrogen and oxygen atoms in total. The zero-order valence-corrected chi connectivity index (χ0v) is 15.9. The highest BCUT2D eigenvalue weighted by Gasteiger charge is 2.16. The van der Waals surface area contributed by atoms with Crippen molar-refractivity contribution < 1.29 is 0 Å². The van der Waals surface area contributed by atoms with Crippen LogP contribution in [0.3, 0.4) is 0 Å². The van der Waals surface area contributed by atoms with Crippen LogP contribution in [0.2, 0.25) is 0 Å². The molecule has 0 radical (unpaired) electrons. The van der Waals surface area contributed by atoms with Gasteiger partial charge in [0.15, 0.2) is 0 Å². The summed E-state index contributed by atoms with van der Waals surface area (Å²) in [7, 11) is 0. The summed E-state index contributed by atoms with van der Waals surface area (Å²) in [6.07, 6.45) is 3.73. The van der Waals surface area contributed by atoms with Crippen LogP contribution >= 0.6 is 0 Å². The summed E-state index contributed by atoms with van der Waals surface area (Å²) in [4.78, 5) is 12.0. The summed E-state index contributed by atoms with van der Waals surface area (Å²) in [6.45, 7) is 4.94. The molecule has 2 aromatic carbocycles. The van der Waals surface area contributed by atoms with E-state index < -0.39 is 0 Å². The van der Waals surface area contributed by atoms with Crippen molar-refractivity contribution in [2.75, 3.05) is 23.3 Å². The van der Waals surface area contributed by atoms with Crippen molar-refractivity contribution in [1.29, 1.82) is 0 Å². The van der Waals surface area contributed by atoms with Gasteiger partial charge in [-0.1, -0.05) is 60.2 Å². The molecule has 1 saturated heterocycles. The van der Waals surface area contributed by atoms with Gasteiger partial charge in [-0.2, -0.15) is 4.98 Å². The average molecular weight is 358 g/mol. The second-order valence-corrected chi connectivity index (χ2v) is 7.19. The van der Waals surface area contributed by atoms with Crippen LogP contribution in [0.15, 0.2) is 60.7 Å². The highest BCUT2D eigenvalue weighted by Crippen LogP contribution is 2.25. The Bertz CT molecular complexity index is 869. The first-order chi connectivity index (χ1) is 13.3. The third-order valence-electron chi connectivity index (χ3n) is 5.02. The van der Waals surface area contributed by atoms with E-state index in [1.807, 2.05) is 6.07 Å². The van der Waals surface area contributed by atoms with Crippen LogP contribution in [0.5, 0.6) is 0 Å². The fourth-order valence-corrected chi connectivity index (χ4v) is 3.42. The predicted molar refractivity (Wildman–Crippen MR) is 112 cm³/mol. The lowest BCUT2D eigenvalue weighted by molar-refractivity contribution is 0.568. The maximum atomic E-state index is 4.87. The number of aryl methyl sites for hydroxylation is 1. The molecule has 1 aromatic heterocycles. The molecule has 0 saturated carbocycles. The molecule has 0 atom stereocenters. The SMILES string of the molecule is Cc1ccc(CNc2cc(-c3ccccc3)nc(N3CCCCC3)n2)cc1. The third kappa shape index (κ3) is 4.45. The largest absolute Gasteiger partial charge is 0.366 e. The highest BCUT2D eigenvalue weighted by molar-refractivity contribution is 5.64. The van der Waals surface area contributed by atoms with Crippen LogP contribution in [-0.2, 0) is 6.54 Å². The molecule has 1 N–H and O–H groups in total. The van der Waals surface area contributed by atoms with E-state index in [0.29, 0.717) is 0 Å². The van der Waals surface area contributed by atoms with Crippen LogP contribution in [0.1, 0.15) is 30.4 Å². The van der Waals surface area contributed by atoms with Crippen LogP contribution in [0.4, 0.5) is 11.8 Å². The molecule has 0 aliphatic carbocycles. The maximum Gasteiger partial charge on any atom is 0.227 e. The number of hydrogen-bond acceptors (Lipinski definition) is 4. The summed E-state index contributed by atoms with van der Waals surface area (Å²) in [5.74, 6) is 1.72. The molecule has 1 aliphatic rings. The Kier molecular flexibility index (Phi) is 5.33. The number of nitrogens with zero attached hydrogens (tertiary/aromatic N) is 3. The first-order valence-corrected chi connectivity index (χ1v) is 9.77. The van der Waals surface area contributed by atoms with Gasteiger partial charge in [0.25, 0.3) is 0 Å². The molecule has 4 rings (SSSR count). The van der Waals surface area contributed by atoms with Crippen LogP contribution < -0.4 is 10.2 Å². The van der Waals surface area contributed by atoms with Gasteiger partial charge in [0.2, 0.25) is 5.95 Å². The van der Waals surface area contributed by atoms with Gasteiger partial charge in [0.1, 0.15) is 5.82 Å². The van der Waals surface area contributed by atoms with E-state index in [2.05, 4.69) is 71.7 Å². The Labute approximate surface area is 161 Å². The third-order valence-corrected chi connectivity index (χ3v) is 5.02. The quantitative estimate of drug-likeness (QED) is 0.692. The second-order valence-electron chi connectivity index (χ2n) is 7.19. The fraction of sp³-hybridized carbons (Fsp3) is 0.304. The number of aromatic nitrogens is 2. The molecule has 2 heterocycles. The Morgan fingerprint density at radius 2 is 1.63 bits per heavy atom. The minimum absolute atomic E-state index is 0.755. The van der Waals surface area contributed by atoms with Crippen molar-refractivity contribution in [3.63, 3.8) is 0 Å². The van der Waals surface area contributed by atoms with Crippen molar-refractivity contribution in [3.8, 4) is 11.3 Å². The summed E-state index contributed by atoms with van der Waals surface area (Å²) in [6, 6.07) is 21.0. The number of rotatable bonds is 5. The van der Waals surface area contributed by atoms with Gasteiger partial charge in [-0.05, 0) is 31.7 Å². The van der Waals surface area contributed by atoms with E-state index in [9.17, 15) is 0 Å². The molecule has 4 heteroatoms. The number of piperidine rings is 1. The summed E-state index contributed by atoms with van der Waals surface area (Å²) < 4.78 is 0. The molecular formula is C23H26N4. The van der Waals surface area contributed by atoms with Gasteiger partial charge in [-0.25, -0.2) is 4.98 Å². The summed E-state index contributed by atoms with van der Waals surface area (Å²) in [5, 5.41) is 3.49. The smallest absolute Gasteiger partial charge is 0.227 e. The predicted octanol–water partition coefficient (Wildman–Crippen LogP) is 5.05. The minimum atomic E-state index is 0.755. The van der Waals surface area contributed by atoms with Crippen molar-refractivity contribution in [2.45, 2.75) is 32.7 Å². The van der Waals surface area contributed by atoms with Crippen molar-refractivity contribution >= 4 is 11.8 Å². The van der Waals surface area contributed by atoms with Crippen molar-refractivity contribution in [2.24, 2.45) is 0 Å². The first kappa shape index (κ1) is 17.5. The highest BCUT2D eigenvalue weighted by atomic mass is 15.3. The van der Waals surface area contributed by atoms with Gasteiger partial charge in [-0.3, -0.25) is 0 Å². The van der Waals surface area contributed by atoms with E-state index in [0.717, 1.165) is 42.7 Å². The lowest BCUT2D eigenvalue weighted by Gasteiger charge is -2.27. The molecule has 0 amide bonds. The standard InChI is InChI=1S/C23H26N4/c1-18-10-12-19(13-11-18)17-24-22-16-21(20-8-4-2-5-9-20)25-23(26-22)27-14-6-3-7-15-27/h2,4-5,8-13,16H,3,6-7,14-15,17H2,1H3,(H,24,25,26). The van der Waals surface area contributed by atoms with E-state index in [1.54, 1.807) is 0 Å². The van der Waals surface area contributed by atoms with E-state index in [-0.39, 0.29) is 0 Å². The molecule has 1 aliphatic heterocycles. The van der Waals surface area contributed by atoms with E-state index >= 15 is 0 Å².